The van der Waals surface area contributed by atoms with Crippen molar-refractivity contribution in [2.24, 2.45) is 0 Å². The van der Waals surface area contributed by atoms with Crippen molar-refractivity contribution in [2.75, 3.05) is 17.2 Å². The molecule has 0 aliphatic rings. The number of hydrogen-bond acceptors (Lipinski definition) is 3. The summed E-state index contributed by atoms with van der Waals surface area (Å²) in [7, 11) is 0. The summed E-state index contributed by atoms with van der Waals surface area (Å²) in [6.07, 6.45) is 0.735. The Labute approximate surface area is 169 Å². The Hall–Kier alpha value is -4.11. The summed E-state index contributed by atoms with van der Waals surface area (Å²) in [4.78, 5) is 24.6. The SMILES string of the molecule is N#Cc1cccc(NC(=O)c2cccc(NC(=O)NCCc3ccccc3)c2)c1. The van der Waals surface area contributed by atoms with Crippen LogP contribution in [0.3, 0.4) is 0 Å². The molecule has 0 aromatic heterocycles. The first-order valence-corrected chi connectivity index (χ1v) is 9.14. The van der Waals surface area contributed by atoms with Gasteiger partial charge in [0.25, 0.3) is 5.91 Å². The Balaban J connectivity index is 1.55. The average molecular weight is 384 g/mol. The molecule has 0 saturated carbocycles. The van der Waals surface area contributed by atoms with Gasteiger partial charge in [-0.1, -0.05) is 42.5 Å². The molecular formula is C23H20N4O2. The molecule has 0 aliphatic carbocycles. The van der Waals surface area contributed by atoms with Crippen LogP contribution in [-0.4, -0.2) is 18.5 Å². The molecule has 0 heterocycles. The van der Waals surface area contributed by atoms with Gasteiger partial charge in [0, 0.05) is 23.5 Å². The van der Waals surface area contributed by atoms with Crippen molar-refractivity contribution in [3.05, 3.63) is 95.6 Å². The van der Waals surface area contributed by atoms with Crippen molar-refractivity contribution in [3.8, 4) is 6.07 Å². The molecule has 6 heteroatoms. The zero-order valence-corrected chi connectivity index (χ0v) is 15.7. The lowest BCUT2D eigenvalue weighted by atomic mass is 10.1. The van der Waals surface area contributed by atoms with Gasteiger partial charge in [-0.15, -0.1) is 0 Å². The molecule has 3 aromatic rings. The third-order valence-electron chi connectivity index (χ3n) is 4.17. The van der Waals surface area contributed by atoms with Gasteiger partial charge < -0.3 is 16.0 Å². The molecule has 3 amide bonds. The highest BCUT2D eigenvalue weighted by molar-refractivity contribution is 6.05. The zero-order valence-electron chi connectivity index (χ0n) is 15.7. The van der Waals surface area contributed by atoms with Crippen LogP contribution in [0.5, 0.6) is 0 Å². The standard InChI is InChI=1S/C23H20N4O2/c24-16-18-8-4-10-20(14-18)26-22(28)19-9-5-11-21(15-19)27-23(29)25-13-12-17-6-2-1-3-7-17/h1-11,14-15H,12-13H2,(H,26,28)(H2,25,27,29). The minimum absolute atomic E-state index is 0.326. The van der Waals surface area contributed by atoms with E-state index in [1.54, 1.807) is 48.5 Å². The number of nitriles is 1. The third-order valence-corrected chi connectivity index (χ3v) is 4.17. The second-order valence-corrected chi connectivity index (χ2v) is 6.34. The lowest BCUT2D eigenvalue weighted by Crippen LogP contribution is -2.30. The van der Waals surface area contributed by atoms with Gasteiger partial charge in [-0.05, 0) is 48.4 Å². The fraction of sp³-hybridized carbons (Fsp3) is 0.0870. The average Bonchev–Trinajstić information content (AvgIpc) is 2.75. The van der Waals surface area contributed by atoms with Gasteiger partial charge in [0.05, 0.1) is 11.6 Å². The molecule has 144 valence electrons. The van der Waals surface area contributed by atoms with Gasteiger partial charge in [-0.25, -0.2) is 4.79 Å². The first kappa shape index (κ1) is 19.6. The molecule has 6 nitrogen and oxygen atoms in total. The van der Waals surface area contributed by atoms with Crippen LogP contribution in [0.2, 0.25) is 0 Å². The fourth-order valence-electron chi connectivity index (χ4n) is 2.75. The number of nitrogens with one attached hydrogen (secondary N) is 3. The van der Waals surface area contributed by atoms with Crippen LogP contribution in [0, 0.1) is 11.3 Å². The van der Waals surface area contributed by atoms with Crippen molar-refractivity contribution in [3.63, 3.8) is 0 Å². The van der Waals surface area contributed by atoms with Crippen LogP contribution in [0.25, 0.3) is 0 Å². The van der Waals surface area contributed by atoms with E-state index in [4.69, 9.17) is 5.26 Å². The summed E-state index contributed by atoms with van der Waals surface area (Å²) in [5.41, 5.74) is 3.05. The van der Waals surface area contributed by atoms with Crippen molar-refractivity contribution in [1.82, 2.24) is 5.32 Å². The van der Waals surface area contributed by atoms with E-state index in [1.807, 2.05) is 36.4 Å². The minimum atomic E-state index is -0.333. The molecule has 0 saturated heterocycles. The predicted octanol–water partition coefficient (Wildman–Crippen LogP) is 4.17. The molecule has 0 bridgehead atoms. The fourth-order valence-corrected chi connectivity index (χ4v) is 2.75. The highest BCUT2D eigenvalue weighted by atomic mass is 16.2. The summed E-state index contributed by atoms with van der Waals surface area (Å²) in [5.74, 6) is -0.326. The highest BCUT2D eigenvalue weighted by Crippen LogP contribution is 2.15. The third kappa shape index (κ3) is 5.94. The number of amides is 3. The second kappa shape index (κ2) is 9.72. The number of carbonyl (C=O) groups is 2. The summed E-state index contributed by atoms with van der Waals surface area (Å²) in [6.45, 7) is 0.505. The highest BCUT2D eigenvalue weighted by Gasteiger charge is 2.09. The number of carbonyl (C=O) groups excluding carboxylic acids is 2. The summed E-state index contributed by atoms with van der Waals surface area (Å²) < 4.78 is 0. The number of rotatable bonds is 6. The van der Waals surface area contributed by atoms with Crippen LogP contribution in [-0.2, 0) is 6.42 Å². The van der Waals surface area contributed by atoms with Crippen molar-refractivity contribution < 1.29 is 9.59 Å². The van der Waals surface area contributed by atoms with Crippen molar-refractivity contribution >= 4 is 23.3 Å². The predicted molar refractivity (Wildman–Crippen MR) is 113 cm³/mol. The molecule has 3 aromatic carbocycles. The normalized spacial score (nSPS) is 9.90. The first-order chi connectivity index (χ1) is 14.1. The van der Waals surface area contributed by atoms with E-state index < -0.39 is 0 Å². The van der Waals surface area contributed by atoms with E-state index in [9.17, 15) is 9.59 Å². The molecule has 0 spiro atoms. The van der Waals surface area contributed by atoms with E-state index in [2.05, 4.69) is 16.0 Å². The minimum Gasteiger partial charge on any atom is -0.338 e. The van der Waals surface area contributed by atoms with Crippen LogP contribution in [0.4, 0.5) is 16.2 Å². The largest absolute Gasteiger partial charge is 0.338 e. The number of urea groups is 1. The molecule has 0 radical (unpaired) electrons. The Morgan fingerprint density at radius 2 is 1.55 bits per heavy atom. The van der Waals surface area contributed by atoms with Crippen molar-refractivity contribution in [1.29, 1.82) is 5.26 Å². The van der Waals surface area contributed by atoms with E-state index in [-0.39, 0.29) is 11.9 Å². The number of nitrogens with zero attached hydrogens (tertiary/aromatic N) is 1. The van der Waals surface area contributed by atoms with Crippen LogP contribution in [0.1, 0.15) is 21.5 Å². The summed E-state index contributed by atoms with van der Waals surface area (Å²) in [6, 6.07) is 24.9. The van der Waals surface area contributed by atoms with Crippen LogP contribution in [0.15, 0.2) is 78.9 Å². The van der Waals surface area contributed by atoms with Gasteiger partial charge in [-0.2, -0.15) is 5.26 Å². The Bertz CT molecular complexity index is 1040. The zero-order chi connectivity index (χ0) is 20.5. The first-order valence-electron chi connectivity index (χ1n) is 9.14. The summed E-state index contributed by atoms with van der Waals surface area (Å²) in [5, 5.41) is 17.2. The molecule has 0 fully saturated rings. The molecule has 0 atom stereocenters. The maximum Gasteiger partial charge on any atom is 0.319 e. The Morgan fingerprint density at radius 3 is 2.31 bits per heavy atom. The van der Waals surface area contributed by atoms with Crippen LogP contribution < -0.4 is 16.0 Å². The van der Waals surface area contributed by atoms with E-state index in [0.29, 0.717) is 29.0 Å². The number of anilines is 2. The molecule has 3 N–H and O–H groups in total. The molecular weight excluding hydrogens is 364 g/mol. The molecule has 0 unspecified atom stereocenters. The lowest BCUT2D eigenvalue weighted by Gasteiger charge is -2.10. The van der Waals surface area contributed by atoms with Gasteiger partial charge in [0.1, 0.15) is 0 Å². The van der Waals surface area contributed by atoms with Crippen LogP contribution >= 0.6 is 0 Å². The van der Waals surface area contributed by atoms with Gasteiger partial charge in [0.15, 0.2) is 0 Å². The Kier molecular flexibility index (Phi) is 6.58. The van der Waals surface area contributed by atoms with Gasteiger partial charge in [0.2, 0.25) is 0 Å². The van der Waals surface area contributed by atoms with Gasteiger partial charge >= 0.3 is 6.03 Å². The molecule has 0 aliphatic heterocycles. The molecule has 29 heavy (non-hydrogen) atoms. The monoisotopic (exact) mass is 384 g/mol. The smallest absolute Gasteiger partial charge is 0.319 e. The second-order valence-electron chi connectivity index (χ2n) is 6.34. The lowest BCUT2D eigenvalue weighted by molar-refractivity contribution is 0.102. The molecule has 3 rings (SSSR count). The van der Waals surface area contributed by atoms with Gasteiger partial charge in [-0.3, -0.25) is 4.79 Å². The quantitative estimate of drug-likeness (QED) is 0.595. The van der Waals surface area contributed by atoms with E-state index in [0.717, 1.165) is 12.0 Å². The Morgan fingerprint density at radius 1 is 0.828 bits per heavy atom. The summed E-state index contributed by atoms with van der Waals surface area (Å²) >= 11 is 0. The number of benzene rings is 3. The topological polar surface area (TPSA) is 94.0 Å². The van der Waals surface area contributed by atoms with Crippen molar-refractivity contribution in [2.45, 2.75) is 6.42 Å². The maximum absolute atomic E-state index is 12.5. The van der Waals surface area contributed by atoms with E-state index >= 15 is 0 Å². The maximum atomic E-state index is 12.5. The number of hydrogen-bond donors (Lipinski definition) is 3. The van der Waals surface area contributed by atoms with E-state index in [1.165, 1.54) is 0 Å².